The SMILES string of the molecule is CCN1CCC(CN)(C(C)C)CC1. The molecule has 0 unspecified atom stereocenters. The molecular weight excluding hydrogens is 160 g/mol. The summed E-state index contributed by atoms with van der Waals surface area (Å²) in [6.45, 7) is 11.4. The van der Waals surface area contributed by atoms with Crippen molar-refractivity contribution in [1.29, 1.82) is 0 Å². The second kappa shape index (κ2) is 4.43. The van der Waals surface area contributed by atoms with E-state index >= 15 is 0 Å². The minimum atomic E-state index is 0.436. The van der Waals surface area contributed by atoms with Gasteiger partial charge in [0, 0.05) is 0 Å². The lowest BCUT2D eigenvalue weighted by molar-refractivity contribution is 0.0720. The van der Waals surface area contributed by atoms with E-state index in [1.54, 1.807) is 0 Å². The summed E-state index contributed by atoms with van der Waals surface area (Å²) in [6, 6.07) is 0. The molecule has 0 atom stereocenters. The van der Waals surface area contributed by atoms with Crippen molar-refractivity contribution in [3.63, 3.8) is 0 Å². The molecule has 0 aromatic rings. The molecule has 1 heterocycles. The third-order valence-electron chi connectivity index (χ3n) is 3.93. The van der Waals surface area contributed by atoms with Crippen molar-refractivity contribution in [1.82, 2.24) is 4.90 Å². The van der Waals surface area contributed by atoms with Gasteiger partial charge in [-0.1, -0.05) is 20.8 Å². The molecule has 0 spiro atoms. The summed E-state index contributed by atoms with van der Waals surface area (Å²) in [5.74, 6) is 0.733. The smallest absolute Gasteiger partial charge is 0.00130 e. The lowest BCUT2D eigenvalue weighted by Gasteiger charge is -2.43. The maximum absolute atomic E-state index is 5.91. The molecule has 0 aromatic heterocycles. The molecule has 1 aliphatic rings. The van der Waals surface area contributed by atoms with Crippen LogP contribution in [0.4, 0.5) is 0 Å². The van der Waals surface area contributed by atoms with Crippen molar-refractivity contribution in [3.8, 4) is 0 Å². The van der Waals surface area contributed by atoms with Gasteiger partial charge < -0.3 is 10.6 Å². The number of rotatable bonds is 3. The predicted molar refractivity (Wildman–Crippen MR) is 57.7 cm³/mol. The topological polar surface area (TPSA) is 29.3 Å². The van der Waals surface area contributed by atoms with Crippen LogP contribution in [0.2, 0.25) is 0 Å². The van der Waals surface area contributed by atoms with Crippen LogP contribution >= 0.6 is 0 Å². The van der Waals surface area contributed by atoms with Crippen LogP contribution in [0.15, 0.2) is 0 Å². The minimum absolute atomic E-state index is 0.436. The van der Waals surface area contributed by atoms with Gasteiger partial charge in [-0.15, -0.1) is 0 Å². The maximum atomic E-state index is 5.91. The Labute approximate surface area is 82.5 Å². The fourth-order valence-corrected chi connectivity index (χ4v) is 2.33. The number of nitrogens with zero attached hydrogens (tertiary/aromatic N) is 1. The van der Waals surface area contributed by atoms with Crippen molar-refractivity contribution < 1.29 is 0 Å². The average molecular weight is 184 g/mol. The van der Waals surface area contributed by atoms with E-state index in [1.807, 2.05) is 0 Å². The molecule has 78 valence electrons. The Hall–Kier alpha value is -0.0800. The number of nitrogens with two attached hydrogens (primary N) is 1. The van der Waals surface area contributed by atoms with Crippen LogP contribution in [0.3, 0.4) is 0 Å². The maximum Gasteiger partial charge on any atom is -0.00130 e. The van der Waals surface area contributed by atoms with Gasteiger partial charge in [0.1, 0.15) is 0 Å². The van der Waals surface area contributed by atoms with Crippen LogP contribution in [-0.4, -0.2) is 31.1 Å². The zero-order valence-electron chi connectivity index (χ0n) is 9.34. The molecule has 2 heteroatoms. The Bertz CT molecular complexity index is 146. The summed E-state index contributed by atoms with van der Waals surface area (Å²) in [5, 5.41) is 0. The monoisotopic (exact) mass is 184 g/mol. The van der Waals surface area contributed by atoms with Crippen LogP contribution in [-0.2, 0) is 0 Å². The van der Waals surface area contributed by atoms with Crippen molar-refractivity contribution in [2.24, 2.45) is 17.1 Å². The molecule has 13 heavy (non-hydrogen) atoms. The molecular formula is C11H24N2. The Morgan fingerprint density at radius 2 is 1.85 bits per heavy atom. The number of hydrogen-bond donors (Lipinski definition) is 1. The first-order valence-electron chi connectivity index (χ1n) is 5.57. The zero-order chi connectivity index (χ0) is 9.90. The van der Waals surface area contributed by atoms with E-state index in [1.165, 1.54) is 32.5 Å². The van der Waals surface area contributed by atoms with E-state index in [0.29, 0.717) is 5.41 Å². The van der Waals surface area contributed by atoms with Gasteiger partial charge in [0.05, 0.1) is 0 Å². The highest BCUT2D eigenvalue weighted by atomic mass is 15.1. The van der Waals surface area contributed by atoms with Crippen molar-refractivity contribution >= 4 is 0 Å². The highest BCUT2D eigenvalue weighted by molar-refractivity contribution is 4.88. The normalized spacial score (nSPS) is 23.8. The first-order chi connectivity index (χ1) is 6.14. The van der Waals surface area contributed by atoms with E-state index < -0.39 is 0 Å². The molecule has 0 aromatic carbocycles. The van der Waals surface area contributed by atoms with Crippen LogP contribution < -0.4 is 5.73 Å². The predicted octanol–water partition coefficient (Wildman–Crippen LogP) is 1.70. The minimum Gasteiger partial charge on any atom is -0.330 e. The number of piperidine rings is 1. The number of likely N-dealkylation sites (tertiary alicyclic amines) is 1. The molecule has 1 fully saturated rings. The van der Waals surface area contributed by atoms with Crippen molar-refractivity contribution in [3.05, 3.63) is 0 Å². The third-order valence-corrected chi connectivity index (χ3v) is 3.93. The summed E-state index contributed by atoms with van der Waals surface area (Å²) in [4.78, 5) is 2.52. The van der Waals surface area contributed by atoms with Crippen LogP contribution in [0, 0.1) is 11.3 Å². The van der Waals surface area contributed by atoms with E-state index in [2.05, 4.69) is 25.7 Å². The lowest BCUT2D eigenvalue weighted by atomic mass is 9.70. The average Bonchev–Trinajstić information content (AvgIpc) is 2.17. The molecule has 2 N–H and O–H groups in total. The van der Waals surface area contributed by atoms with Crippen LogP contribution in [0.5, 0.6) is 0 Å². The molecule has 0 aliphatic carbocycles. The Morgan fingerprint density at radius 3 is 2.15 bits per heavy atom. The molecule has 0 amide bonds. The molecule has 1 rings (SSSR count). The largest absolute Gasteiger partial charge is 0.330 e. The van der Waals surface area contributed by atoms with Gasteiger partial charge in [-0.3, -0.25) is 0 Å². The molecule has 0 saturated carbocycles. The summed E-state index contributed by atoms with van der Waals surface area (Å²) in [5.41, 5.74) is 6.34. The van der Waals surface area contributed by atoms with E-state index in [-0.39, 0.29) is 0 Å². The summed E-state index contributed by atoms with van der Waals surface area (Å²) >= 11 is 0. The highest BCUT2D eigenvalue weighted by Gasteiger charge is 2.35. The van der Waals surface area contributed by atoms with Crippen LogP contribution in [0.25, 0.3) is 0 Å². The van der Waals surface area contributed by atoms with Gasteiger partial charge >= 0.3 is 0 Å². The van der Waals surface area contributed by atoms with Gasteiger partial charge in [0.2, 0.25) is 0 Å². The quantitative estimate of drug-likeness (QED) is 0.723. The Balaban J connectivity index is 2.53. The van der Waals surface area contributed by atoms with E-state index in [0.717, 1.165) is 12.5 Å². The first-order valence-corrected chi connectivity index (χ1v) is 5.57. The van der Waals surface area contributed by atoms with E-state index in [4.69, 9.17) is 5.73 Å². The van der Waals surface area contributed by atoms with Gasteiger partial charge in [0.15, 0.2) is 0 Å². The zero-order valence-corrected chi connectivity index (χ0v) is 9.34. The van der Waals surface area contributed by atoms with Gasteiger partial charge in [-0.2, -0.15) is 0 Å². The van der Waals surface area contributed by atoms with Crippen LogP contribution in [0.1, 0.15) is 33.6 Å². The summed E-state index contributed by atoms with van der Waals surface area (Å²) in [6.07, 6.45) is 2.57. The standard InChI is InChI=1S/C11H24N2/c1-4-13-7-5-11(9-12,6-8-13)10(2)3/h10H,4-9,12H2,1-3H3. The van der Waals surface area contributed by atoms with E-state index in [9.17, 15) is 0 Å². The molecule has 0 radical (unpaired) electrons. The van der Waals surface area contributed by atoms with Crippen molar-refractivity contribution in [2.45, 2.75) is 33.6 Å². The second-order valence-corrected chi connectivity index (χ2v) is 4.66. The first kappa shape index (κ1) is 11.0. The lowest BCUT2D eigenvalue weighted by Crippen LogP contribution is -2.46. The Kier molecular flexibility index (Phi) is 3.74. The van der Waals surface area contributed by atoms with Crippen molar-refractivity contribution in [2.75, 3.05) is 26.2 Å². The molecule has 2 nitrogen and oxygen atoms in total. The fraction of sp³-hybridized carbons (Fsp3) is 1.00. The number of hydrogen-bond acceptors (Lipinski definition) is 2. The third kappa shape index (κ3) is 2.23. The summed E-state index contributed by atoms with van der Waals surface area (Å²) in [7, 11) is 0. The Morgan fingerprint density at radius 1 is 1.31 bits per heavy atom. The molecule has 1 aliphatic heterocycles. The fourth-order valence-electron chi connectivity index (χ4n) is 2.33. The van der Waals surface area contributed by atoms with Gasteiger partial charge in [-0.25, -0.2) is 0 Å². The molecule has 1 saturated heterocycles. The van der Waals surface area contributed by atoms with Gasteiger partial charge in [0.25, 0.3) is 0 Å². The van der Waals surface area contributed by atoms with Gasteiger partial charge in [-0.05, 0) is 50.4 Å². The second-order valence-electron chi connectivity index (χ2n) is 4.66. The summed E-state index contributed by atoms with van der Waals surface area (Å²) < 4.78 is 0. The highest BCUT2D eigenvalue weighted by Crippen LogP contribution is 2.37. The molecule has 0 bridgehead atoms.